The van der Waals surface area contributed by atoms with E-state index in [-0.39, 0.29) is 11.8 Å². The van der Waals surface area contributed by atoms with E-state index in [2.05, 4.69) is 10.2 Å². The minimum Gasteiger partial charge on any atom is -0.408 e. The Labute approximate surface area is 95.1 Å². The van der Waals surface area contributed by atoms with Gasteiger partial charge < -0.3 is 4.42 Å². The average Bonchev–Trinajstić information content (AvgIpc) is 2.70. The number of halogens is 2. The molecule has 0 saturated heterocycles. The molecule has 0 aliphatic carbocycles. The Morgan fingerprint density at radius 1 is 1.27 bits per heavy atom. The standard InChI is InChI=1S/C9H3Cl2N3O/c10-5-1-2-7(11)6(3-5)9-14-13-8(4-12)15-9/h1-3H. The summed E-state index contributed by atoms with van der Waals surface area (Å²) in [5, 5.41) is 16.6. The highest BCUT2D eigenvalue weighted by Crippen LogP contribution is 2.29. The van der Waals surface area contributed by atoms with Crippen molar-refractivity contribution in [1.29, 1.82) is 5.26 Å². The molecule has 4 nitrogen and oxygen atoms in total. The van der Waals surface area contributed by atoms with Gasteiger partial charge >= 0.3 is 5.89 Å². The molecule has 0 atom stereocenters. The first-order valence-corrected chi connectivity index (χ1v) is 4.65. The molecule has 74 valence electrons. The van der Waals surface area contributed by atoms with Gasteiger partial charge in [0.1, 0.15) is 0 Å². The molecule has 0 N–H and O–H groups in total. The number of nitrogens with zero attached hydrogens (tertiary/aromatic N) is 3. The highest BCUT2D eigenvalue weighted by atomic mass is 35.5. The van der Waals surface area contributed by atoms with Crippen molar-refractivity contribution in [2.75, 3.05) is 0 Å². The summed E-state index contributed by atoms with van der Waals surface area (Å²) in [5.74, 6) is 0.0695. The van der Waals surface area contributed by atoms with Crippen LogP contribution in [-0.4, -0.2) is 10.2 Å². The zero-order valence-electron chi connectivity index (χ0n) is 7.24. The Balaban J connectivity index is 2.54. The van der Waals surface area contributed by atoms with Crippen LogP contribution in [0.5, 0.6) is 0 Å². The second kappa shape index (κ2) is 3.89. The molecule has 0 radical (unpaired) electrons. The van der Waals surface area contributed by atoms with Crippen molar-refractivity contribution in [3.8, 4) is 17.5 Å². The summed E-state index contributed by atoms with van der Waals surface area (Å²) in [7, 11) is 0. The molecule has 0 fully saturated rings. The second-order valence-corrected chi connectivity index (χ2v) is 3.49. The Morgan fingerprint density at radius 2 is 2.07 bits per heavy atom. The smallest absolute Gasteiger partial charge is 0.321 e. The minimum absolute atomic E-state index is 0.110. The number of nitriles is 1. The second-order valence-electron chi connectivity index (χ2n) is 2.65. The van der Waals surface area contributed by atoms with Crippen LogP contribution in [0, 0.1) is 11.3 Å². The van der Waals surface area contributed by atoms with Crippen LogP contribution < -0.4 is 0 Å². The summed E-state index contributed by atoms with van der Waals surface area (Å²) in [5.41, 5.74) is 0.512. The van der Waals surface area contributed by atoms with Crippen molar-refractivity contribution in [2.45, 2.75) is 0 Å². The van der Waals surface area contributed by atoms with Crippen LogP contribution >= 0.6 is 23.2 Å². The Hall–Kier alpha value is -1.57. The van der Waals surface area contributed by atoms with Crippen molar-refractivity contribution < 1.29 is 4.42 Å². The molecule has 2 aromatic rings. The fraction of sp³-hybridized carbons (Fsp3) is 0. The third-order valence-electron chi connectivity index (χ3n) is 1.68. The lowest BCUT2D eigenvalue weighted by molar-refractivity contribution is 0.553. The van der Waals surface area contributed by atoms with Gasteiger partial charge in [-0.1, -0.05) is 28.3 Å². The molecule has 0 spiro atoms. The molecule has 0 saturated carbocycles. The van der Waals surface area contributed by atoms with Gasteiger partial charge in [-0.3, -0.25) is 0 Å². The molecule has 1 heterocycles. The number of hydrogen-bond acceptors (Lipinski definition) is 4. The molecule has 1 aromatic heterocycles. The van der Waals surface area contributed by atoms with E-state index in [1.165, 1.54) is 0 Å². The number of hydrogen-bond donors (Lipinski definition) is 0. The maximum atomic E-state index is 8.52. The van der Waals surface area contributed by atoms with E-state index >= 15 is 0 Å². The van der Waals surface area contributed by atoms with E-state index in [1.807, 2.05) is 0 Å². The molecule has 0 aliphatic rings. The molecule has 0 unspecified atom stereocenters. The van der Waals surface area contributed by atoms with Crippen LogP contribution in [0.1, 0.15) is 5.89 Å². The number of benzene rings is 1. The van der Waals surface area contributed by atoms with Crippen molar-refractivity contribution in [3.05, 3.63) is 34.1 Å². The zero-order valence-corrected chi connectivity index (χ0v) is 8.75. The van der Waals surface area contributed by atoms with Gasteiger partial charge in [0, 0.05) is 5.02 Å². The maximum absolute atomic E-state index is 8.52. The van der Waals surface area contributed by atoms with Crippen LogP contribution in [0.2, 0.25) is 10.0 Å². The monoisotopic (exact) mass is 239 g/mol. The molecular formula is C9H3Cl2N3O. The average molecular weight is 240 g/mol. The minimum atomic E-state index is -0.110. The van der Waals surface area contributed by atoms with E-state index in [9.17, 15) is 0 Å². The predicted molar refractivity (Wildman–Crippen MR) is 54.5 cm³/mol. The molecule has 6 heteroatoms. The third kappa shape index (κ3) is 1.94. The van der Waals surface area contributed by atoms with E-state index in [4.69, 9.17) is 32.9 Å². The van der Waals surface area contributed by atoms with Crippen molar-refractivity contribution >= 4 is 23.2 Å². The summed E-state index contributed by atoms with van der Waals surface area (Å²) in [6, 6.07) is 6.60. The molecule has 15 heavy (non-hydrogen) atoms. The number of aromatic nitrogens is 2. The van der Waals surface area contributed by atoms with Crippen LogP contribution in [0.15, 0.2) is 22.6 Å². The normalized spacial score (nSPS) is 9.93. The lowest BCUT2D eigenvalue weighted by atomic mass is 10.2. The summed E-state index contributed by atoms with van der Waals surface area (Å²) in [6.45, 7) is 0. The van der Waals surface area contributed by atoms with E-state index in [0.717, 1.165) is 0 Å². The summed E-state index contributed by atoms with van der Waals surface area (Å²) in [4.78, 5) is 0. The fourth-order valence-electron chi connectivity index (χ4n) is 1.04. The van der Waals surface area contributed by atoms with E-state index in [0.29, 0.717) is 15.6 Å². The third-order valence-corrected chi connectivity index (χ3v) is 2.24. The van der Waals surface area contributed by atoms with Crippen molar-refractivity contribution in [2.24, 2.45) is 0 Å². The zero-order chi connectivity index (χ0) is 10.8. The first kappa shape index (κ1) is 9.97. The largest absolute Gasteiger partial charge is 0.408 e. The molecule has 0 amide bonds. The highest BCUT2D eigenvalue weighted by molar-refractivity contribution is 6.35. The van der Waals surface area contributed by atoms with Crippen molar-refractivity contribution in [1.82, 2.24) is 10.2 Å². The lowest BCUT2D eigenvalue weighted by Gasteiger charge is -1.98. The topological polar surface area (TPSA) is 62.7 Å². The highest BCUT2D eigenvalue weighted by Gasteiger charge is 2.11. The van der Waals surface area contributed by atoms with E-state index < -0.39 is 0 Å². The lowest BCUT2D eigenvalue weighted by Crippen LogP contribution is -1.79. The van der Waals surface area contributed by atoms with Gasteiger partial charge in [-0.25, -0.2) is 0 Å². The summed E-state index contributed by atoms with van der Waals surface area (Å²) >= 11 is 11.7. The van der Waals surface area contributed by atoms with Gasteiger partial charge in [-0.05, 0) is 18.2 Å². The van der Waals surface area contributed by atoms with Crippen molar-refractivity contribution in [3.63, 3.8) is 0 Å². The van der Waals surface area contributed by atoms with Crippen LogP contribution in [0.4, 0.5) is 0 Å². The van der Waals surface area contributed by atoms with Crippen LogP contribution in [0.3, 0.4) is 0 Å². The number of rotatable bonds is 1. The predicted octanol–water partition coefficient (Wildman–Crippen LogP) is 2.92. The van der Waals surface area contributed by atoms with Crippen LogP contribution in [0.25, 0.3) is 11.5 Å². The maximum Gasteiger partial charge on any atom is 0.321 e. The van der Waals surface area contributed by atoms with Crippen LogP contribution in [-0.2, 0) is 0 Å². The van der Waals surface area contributed by atoms with Gasteiger partial charge in [0.15, 0.2) is 6.07 Å². The summed E-state index contributed by atoms with van der Waals surface area (Å²) < 4.78 is 5.03. The van der Waals surface area contributed by atoms with Gasteiger partial charge in [0.05, 0.1) is 10.6 Å². The molecule has 1 aromatic carbocycles. The Bertz CT molecular complexity index is 545. The van der Waals surface area contributed by atoms with Gasteiger partial charge in [0.25, 0.3) is 0 Å². The quantitative estimate of drug-likeness (QED) is 0.768. The van der Waals surface area contributed by atoms with E-state index in [1.54, 1.807) is 24.3 Å². The molecule has 2 rings (SSSR count). The van der Waals surface area contributed by atoms with Gasteiger partial charge in [0.2, 0.25) is 5.89 Å². The first-order chi connectivity index (χ1) is 7.20. The molecular weight excluding hydrogens is 237 g/mol. The Morgan fingerprint density at radius 3 is 2.73 bits per heavy atom. The SMILES string of the molecule is N#Cc1nnc(-c2cc(Cl)ccc2Cl)o1. The summed E-state index contributed by atoms with van der Waals surface area (Å²) in [6.07, 6.45) is 0. The first-order valence-electron chi connectivity index (χ1n) is 3.90. The molecule has 0 aliphatic heterocycles. The van der Waals surface area contributed by atoms with Gasteiger partial charge in [-0.2, -0.15) is 5.26 Å². The Kier molecular flexibility index (Phi) is 2.58. The molecule has 0 bridgehead atoms. The fourth-order valence-corrected chi connectivity index (χ4v) is 1.41. The van der Waals surface area contributed by atoms with Gasteiger partial charge in [-0.15, -0.1) is 5.10 Å².